The maximum Gasteiger partial charge on any atom is 0.172 e. The molecule has 4 heterocycles. The van der Waals surface area contributed by atoms with Crippen LogP contribution in [0.1, 0.15) is 23.5 Å². The third-order valence-electron chi connectivity index (χ3n) is 5.45. The summed E-state index contributed by atoms with van der Waals surface area (Å²) in [6.45, 7) is 0.133. The summed E-state index contributed by atoms with van der Waals surface area (Å²) in [5, 5.41) is 8.98. The topological polar surface area (TPSA) is 135 Å². The van der Waals surface area contributed by atoms with E-state index in [0.29, 0.717) is 39.6 Å². The van der Waals surface area contributed by atoms with Crippen LogP contribution in [0.15, 0.2) is 49.1 Å². The minimum absolute atomic E-state index is 0.133. The van der Waals surface area contributed by atoms with Crippen LogP contribution in [0, 0.1) is 0 Å². The van der Waals surface area contributed by atoms with Crippen LogP contribution >= 0.6 is 11.6 Å². The molecule has 1 atom stereocenters. The number of hydrogen-bond donors (Lipinski definition) is 0. The molecule has 1 aliphatic heterocycles. The summed E-state index contributed by atoms with van der Waals surface area (Å²) in [5.74, 6) is 2.08. The van der Waals surface area contributed by atoms with Gasteiger partial charge >= 0.3 is 0 Å². The summed E-state index contributed by atoms with van der Waals surface area (Å²) in [6, 6.07) is 6.56. The fraction of sp³-hybridized carbons (Fsp3) is 0.273. The molecular weight excluding hydrogens is 494 g/mol. The van der Waals surface area contributed by atoms with Gasteiger partial charge in [-0.3, -0.25) is 4.57 Å². The molecule has 3 aromatic heterocycles. The Morgan fingerprint density at radius 2 is 1.89 bits per heavy atom. The molecule has 0 fully saturated rings. The molecule has 0 unspecified atom stereocenters. The molecule has 0 N–H and O–H groups in total. The zero-order chi connectivity index (χ0) is 24.4. The number of para-hydroxylation sites is 1. The van der Waals surface area contributed by atoms with Gasteiger partial charge in [0, 0.05) is 31.2 Å². The van der Waals surface area contributed by atoms with Crippen molar-refractivity contribution >= 4 is 21.4 Å². The van der Waals surface area contributed by atoms with Crippen LogP contribution in [-0.2, 0) is 22.0 Å². The Morgan fingerprint density at radius 1 is 1.11 bits per heavy atom. The molecule has 0 amide bonds. The molecular formula is C22H20ClN7O4S. The second kappa shape index (κ2) is 9.55. The molecule has 1 aromatic carbocycles. The van der Waals surface area contributed by atoms with E-state index >= 15 is 0 Å². The third kappa shape index (κ3) is 4.80. The number of ether oxygens (including phenoxy) is 2. The number of sulfone groups is 1. The Morgan fingerprint density at radius 3 is 2.63 bits per heavy atom. The first-order chi connectivity index (χ1) is 16.9. The lowest BCUT2D eigenvalue weighted by molar-refractivity contribution is 0.259. The van der Waals surface area contributed by atoms with Crippen molar-refractivity contribution in [1.29, 1.82) is 0 Å². The Kier molecular flexibility index (Phi) is 6.31. The molecule has 13 heteroatoms. The average molecular weight is 514 g/mol. The van der Waals surface area contributed by atoms with E-state index in [-0.39, 0.29) is 30.4 Å². The van der Waals surface area contributed by atoms with Crippen LogP contribution in [0.2, 0.25) is 5.02 Å². The first-order valence-electron chi connectivity index (χ1n) is 10.6. The minimum Gasteiger partial charge on any atom is -0.493 e. The van der Waals surface area contributed by atoms with Gasteiger partial charge in [0.15, 0.2) is 33.0 Å². The Bertz CT molecular complexity index is 1450. The van der Waals surface area contributed by atoms with Gasteiger partial charge in [0.1, 0.15) is 30.1 Å². The highest BCUT2D eigenvalue weighted by Gasteiger charge is 2.33. The van der Waals surface area contributed by atoms with E-state index in [4.69, 9.17) is 21.1 Å². The zero-order valence-corrected chi connectivity index (χ0v) is 20.1. The van der Waals surface area contributed by atoms with Gasteiger partial charge in [0.2, 0.25) is 0 Å². The van der Waals surface area contributed by atoms with Gasteiger partial charge in [-0.05, 0) is 18.2 Å². The molecule has 35 heavy (non-hydrogen) atoms. The maximum absolute atomic E-state index is 13.1. The summed E-state index contributed by atoms with van der Waals surface area (Å²) >= 11 is 5.81. The van der Waals surface area contributed by atoms with Crippen LogP contribution in [0.3, 0.4) is 0 Å². The quantitative estimate of drug-likeness (QED) is 0.362. The predicted molar refractivity (Wildman–Crippen MR) is 126 cm³/mol. The summed E-state index contributed by atoms with van der Waals surface area (Å²) in [4.78, 5) is 16.9. The largest absolute Gasteiger partial charge is 0.493 e. The van der Waals surface area contributed by atoms with Gasteiger partial charge < -0.3 is 9.47 Å². The molecule has 0 bridgehead atoms. The van der Waals surface area contributed by atoms with Crippen molar-refractivity contribution in [2.24, 2.45) is 0 Å². The molecule has 0 spiro atoms. The molecule has 1 aliphatic rings. The van der Waals surface area contributed by atoms with E-state index in [1.165, 1.54) is 12.4 Å². The number of rotatable bonds is 7. The maximum atomic E-state index is 13.1. The molecule has 0 saturated carbocycles. The van der Waals surface area contributed by atoms with Crippen molar-refractivity contribution in [3.63, 3.8) is 0 Å². The number of nitrogens with zero attached hydrogens (tertiary/aromatic N) is 7. The van der Waals surface area contributed by atoms with Crippen molar-refractivity contribution in [3.8, 4) is 22.9 Å². The van der Waals surface area contributed by atoms with Gasteiger partial charge in [-0.15, -0.1) is 10.2 Å². The van der Waals surface area contributed by atoms with Crippen LogP contribution in [0.4, 0.5) is 0 Å². The highest BCUT2D eigenvalue weighted by Crippen LogP contribution is 2.41. The molecule has 180 valence electrons. The normalized spacial score (nSPS) is 15.0. The second-order valence-corrected chi connectivity index (χ2v) is 10.4. The van der Waals surface area contributed by atoms with E-state index in [0.717, 1.165) is 0 Å². The minimum atomic E-state index is -3.60. The summed E-state index contributed by atoms with van der Waals surface area (Å²) in [6.07, 6.45) is 6.26. The van der Waals surface area contributed by atoms with Gasteiger partial charge in [0.05, 0.1) is 23.4 Å². The van der Waals surface area contributed by atoms with E-state index in [9.17, 15) is 8.42 Å². The first-order valence-corrected chi connectivity index (χ1v) is 12.8. The van der Waals surface area contributed by atoms with E-state index < -0.39 is 15.9 Å². The molecule has 0 aliphatic carbocycles. The Balaban J connectivity index is 1.52. The lowest BCUT2D eigenvalue weighted by Crippen LogP contribution is -2.24. The monoisotopic (exact) mass is 513 g/mol. The van der Waals surface area contributed by atoms with Crippen LogP contribution in [0.25, 0.3) is 11.4 Å². The van der Waals surface area contributed by atoms with Crippen molar-refractivity contribution in [2.75, 3.05) is 19.5 Å². The van der Waals surface area contributed by atoms with Crippen molar-refractivity contribution in [2.45, 2.75) is 18.2 Å². The van der Waals surface area contributed by atoms with E-state index in [2.05, 4.69) is 30.1 Å². The van der Waals surface area contributed by atoms with E-state index in [1.807, 2.05) is 12.1 Å². The van der Waals surface area contributed by atoms with Gasteiger partial charge in [-0.25, -0.2) is 28.4 Å². The lowest BCUT2D eigenvalue weighted by atomic mass is 10.1. The van der Waals surface area contributed by atoms with Gasteiger partial charge in [0.25, 0.3) is 0 Å². The molecule has 0 saturated heterocycles. The molecule has 5 rings (SSSR count). The standard InChI is InChI=1S/C22H20ClN7O4S/c1-33-17-5-2-4-15-20(17)34-12-16(21-24-7-3-8-25-21)30-19(28-29-22(15)30)13-35(31,32)9-6-18-26-10-14(23)11-27-18/h2-5,7-8,10-11,16H,6,9,12-13H2,1H3/t16-/m0/s1. The first kappa shape index (κ1) is 23.1. The fourth-order valence-electron chi connectivity index (χ4n) is 3.83. The van der Waals surface area contributed by atoms with Crippen LogP contribution in [-0.4, -0.2) is 62.6 Å². The van der Waals surface area contributed by atoms with Gasteiger partial charge in [-0.2, -0.15) is 0 Å². The molecule has 11 nitrogen and oxygen atoms in total. The van der Waals surface area contributed by atoms with Crippen molar-refractivity contribution < 1.29 is 17.9 Å². The van der Waals surface area contributed by atoms with E-state index in [1.54, 1.807) is 36.2 Å². The summed E-state index contributed by atoms with van der Waals surface area (Å²) in [5.41, 5.74) is 0.633. The smallest absolute Gasteiger partial charge is 0.172 e. The molecule has 4 aromatic rings. The number of aryl methyl sites for hydroxylation is 1. The fourth-order valence-corrected chi connectivity index (χ4v) is 5.15. The van der Waals surface area contributed by atoms with Crippen LogP contribution < -0.4 is 9.47 Å². The predicted octanol–water partition coefficient (Wildman–Crippen LogP) is 2.33. The number of fused-ring (bicyclic) bond motifs is 3. The lowest BCUT2D eigenvalue weighted by Gasteiger charge is -2.18. The number of methoxy groups -OCH3 is 1. The van der Waals surface area contributed by atoms with Crippen molar-refractivity contribution in [1.82, 2.24) is 34.7 Å². The number of benzene rings is 1. The summed E-state index contributed by atoms with van der Waals surface area (Å²) < 4.78 is 39.4. The highest BCUT2D eigenvalue weighted by atomic mass is 35.5. The number of hydrogen-bond acceptors (Lipinski definition) is 10. The average Bonchev–Trinajstić information content (AvgIpc) is 3.18. The van der Waals surface area contributed by atoms with Crippen LogP contribution in [0.5, 0.6) is 11.5 Å². The SMILES string of the molecule is COc1cccc2c1OC[C@@H](c1ncccn1)n1c(CS(=O)(=O)CCc3ncc(Cl)cn3)nnc1-2. The number of halogens is 1. The zero-order valence-electron chi connectivity index (χ0n) is 18.6. The third-order valence-corrected chi connectivity index (χ3v) is 7.17. The molecule has 0 radical (unpaired) electrons. The number of aromatic nitrogens is 7. The van der Waals surface area contributed by atoms with Gasteiger partial charge in [-0.1, -0.05) is 17.7 Å². The highest BCUT2D eigenvalue weighted by molar-refractivity contribution is 7.90. The second-order valence-electron chi connectivity index (χ2n) is 7.74. The van der Waals surface area contributed by atoms with Crippen molar-refractivity contribution in [3.05, 3.63) is 71.5 Å². The Labute approximate surface area is 206 Å². The Hall–Kier alpha value is -3.64. The summed E-state index contributed by atoms with van der Waals surface area (Å²) in [7, 11) is -2.05.